The number of benzene rings is 3. The predicted octanol–water partition coefficient (Wildman–Crippen LogP) is 6.34. The maximum atomic E-state index is 12.2. The molecule has 1 atom stereocenters. The number of aryl methyl sites for hydroxylation is 1. The second-order valence-electron chi connectivity index (χ2n) is 6.78. The standard InChI is InChI=1S/C24H19Cl2N3O/c1-16-8-10-19(11-9-16)21(14-27)24-22(25)12-20(13-23(24)26)29(17(2)30)28-15-18-6-4-3-5-7-18/h3-13,15,21H,1-2H3. The van der Waals surface area contributed by atoms with Crippen LogP contribution in [0.4, 0.5) is 5.69 Å². The number of hydrogen-bond donors (Lipinski definition) is 0. The van der Waals surface area contributed by atoms with Crippen molar-refractivity contribution in [3.8, 4) is 6.07 Å². The molecule has 4 nitrogen and oxygen atoms in total. The van der Waals surface area contributed by atoms with Crippen molar-refractivity contribution in [3.05, 3.63) is 99.0 Å². The normalized spacial score (nSPS) is 11.8. The summed E-state index contributed by atoms with van der Waals surface area (Å²) in [6.45, 7) is 3.38. The number of hydrazone groups is 1. The van der Waals surface area contributed by atoms with E-state index in [0.717, 1.165) is 16.7 Å². The van der Waals surface area contributed by atoms with E-state index in [9.17, 15) is 10.1 Å². The average molecular weight is 436 g/mol. The number of hydrogen-bond acceptors (Lipinski definition) is 3. The molecule has 0 spiro atoms. The second kappa shape index (κ2) is 9.58. The lowest BCUT2D eigenvalue weighted by atomic mass is 9.91. The molecule has 0 aliphatic carbocycles. The van der Waals surface area contributed by atoms with Gasteiger partial charge in [0.1, 0.15) is 0 Å². The molecular weight excluding hydrogens is 417 g/mol. The Morgan fingerprint density at radius 1 is 1.07 bits per heavy atom. The van der Waals surface area contributed by atoms with Gasteiger partial charge in [0.2, 0.25) is 5.91 Å². The van der Waals surface area contributed by atoms with Crippen molar-refractivity contribution in [2.75, 3.05) is 5.01 Å². The molecule has 3 rings (SSSR count). The SMILES string of the molecule is CC(=O)N(N=Cc1ccccc1)c1cc(Cl)c(C(C#N)c2ccc(C)cc2)c(Cl)c1. The van der Waals surface area contributed by atoms with Crippen molar-refractivity contribution >= 4 is 41.0 Å². The molecule has 0 aromatic heterocycles. The van der Waals surface area contributed by atoms with Crippen LogP contribution < -0.4 is 5.01 Å². The van der Waals surface area contributed by atoms with Gasteiger partial charge < -0.3 is 0 Å². The highest BCUT2D eigenvalue weighted by Gasteiger charge is 2.23. The van der Waals surface area contributed by atoms with E-state index in [1.165, 1.54) is 11.9 Å². The zero-order valence-corrected chi connectivity index (χ0v) is 18.0. The smallest absolute Gasteiger partial charge is 0.244 e. The van der Waals surface area contributed by atoms with Crippen LogP contribution in [-0.4, -0.2) is 12.1 Å². The van der Waals surface area contributed by atoms with Crippen LogP contribution in [-0.2, 0) is 4.79 Å². The van der Waals surface area contributed by atoms with Crippen molar-refractivity contribution in [2.45, 2.75) is 19.8 Å². The molecule has 0 bridgehead atoms. The topological polar surface area (TPSA) is 56.5 Å². The molecule has 0 aliphatic heterocycles. The number of rotatable bonds is 5. The molecule has 3 aromatic carbocycles. The molecule has 1 amide bonds. The molecule has 0 N–H and O–H groups in total. The number of carbonyl (C=O) groups is 1. The summed E-state index contributed by atoms with van der Waals surface area (Å²) in [5.74, 6) is -0.921. The fraction of sp³-hybridized carbons (Fsp3) is 0.125. The lowest BCUT2D eigenvalue weighted by Gasteiger charge is -2.19. The first-order valence-corrected chi connectivity index (χ1v) is 10.0. The fourth-order valence-electron chi connectivity index (χ4n) is 3.03. The maximum absolute atomic E-state index is 12.2. The Balaban J connectivity index is 1.99. The molecular formula is C24H19Cl2N3O. The third-order valence-electron chi connectivity index (χ3n) is 4.56. The lowest BCUT2D eigenvalue weighted by molar-refractivity contribution is -0.116. The third kappa shape index (κ3) is 4.88. The maximum Gasteiger partial charge on any atom is 0.244 e. The number of nitriles is 1. The summed E-state index contributed by atoms with van der Waals surface area (Å²) in [7, 11) is 0. The first kappa shape index (κ1) is 21.6. The van der Waals surface area contributed by atoms with E-state index in [0.29, 0.717) is 21.3 Å². The summed E-state index contributed by atoms with van der Waals surface area (Å²) >= 11 is 13.1. The van der Waals surface area contributed by atoms with Crippen LogP contribution in [0.25, 0.3) is 0 Å². The number of nitrogens with zero attached hydrogens (tertiary/aromatic N) is 3. The Kier molecular flexibility index (Phi) is 6.89. The largest absolute Gasteiger partial charge is 0.273 e. The van der Waals surface area contributed by atoms with Gasteiger partial charge in [-0.25, -0.2) is 5.01 Å². The second-order valence-corrected chi connectivity index (χ2v) is 7.60. The predicted molar refractivity (Wildman–Crippen MR) is 122 cm³/mol. The van der Waals surface area contributed by atoms with Gasteiger partial charge in [-0.05, 0) is 30.2 Å². The highest BCUT2D eigenvalue weighted by molar-refractivity contribution is 6.36. The van der Waals surface area contributed by atoms with E-state index in [-0.39, 0.29) is 5.91 Å². The Morgan fingerprint density at radius 3 is 2.20 bits per heavy atom. The third-order valence-corrected chi connectivity index (χ3v) is 5.18. The summed E-state index contributed by atoms with van der Waals surface area (Å²) in [4.78, 5) is 12.2. The van der Waals surface area contributed by atoms with Crippen molar-refractivity contribution in [1.29, 1.82) is 5.26 Å². The van der Waals surface area contributed by atoms with Gasteiger partial charge in [0.15, 0.2) is 0 Å². The molecule has 0 fully saturated rings. The van der Waals surface area contributed by atoms with E-state index in [2.05, 4.69) is 11.2 Å². The van der Waals surface area contributed by atoms with E-state index >= 15 is 0 Å². The fourth-order valence-corrected chi connectivity index (χ4v) is 3.72. The van der Waals surface area contributed by atoms with Gasteiger partial charge >= 0.3 is 0 Å². The van der Waals surface area contributed by atoms with Gasteiger partial charge in [-0.3, -0.25) is 4.79 Å². The molecule has 1 unspecified atom stereocenters. The van der Waals surface area contributed by atoms with Crippen LogP contribution in [0.5, 0.6) is 0 Å². The van der Waals surface area contributed by atoms with Crippen molar-refractivity contribution in [2.24, 2.45) is 5.10 Å². The Hall–Kier alpha value is -3.13. The minimum absolute atomic E-state index is 0.294. The molecule has 0 aliphatic rings. The first-order chi connectivity index (χ1) is 14.4. The van der Waals surface area contributed by atoms with Crippen molar-refractivity contribution in [1.82, 2.24) is 0 Å². The highest BCUT2D eigenvalue weighted by Crippen LogP contribution is 2.38. The zero-order valence-electron chi connectivity index (χ0n) is 16.5. The van der Waals surface area contributed by atoms with Gasteiger partial charge in [-0.2, -0.15) is 10.4 Å². The molecule has 30 heavy (non-hydrogen) atoms. The zero-order chi connectivity index (χ0) is 21.7. The number of anilines is 1. The summed E-state index contributed by atoms with van der Waals surface area (Å²) in [6, 6.07) is 22.5. The molecule has 0 saturated heterocycles. The number of carbonyl (C=O) groups excluding carboxylic acids is 1. The Morgan fingerprint density at radius 2 is 1.67 bits per heavy atom. The summed E-state index contributed by atoms with van der Waals surface area (Å²) in [6.07, 6.45) is 1.58. The first-order valence-electron chi connectivity index (χ1n) is 9.25. The van der Waals surface area contributed by atoms with Gasteiger partial charge in [0.05, 0.1) is 23.9 Å². The van der Waals surface area contributed by atoms with Crippen LogP contribution in [0.1, 0.15) is 35.1 Å². The highest BCUT2D eigenvalue weighted by atomic mass is 35.5. The molecule has 3 aromatic rings. The van der Waals surface area contributed by atoms with E-state index < -0.39 is 5.92 Å². The van der Waals surface area contributed by atoms with Gasteiger partial charge in [-0.15, -0.1) is 0 Å². The average Bonchev–Trinajstić information content (AvgIpc) is 2.72. The van der Waals surface area contributed by atoms with Crippen LogP contribution in [0.15, 0.2) is 71.8 Å². The van der Waals surface area contributed by atoms with E-state index in [1.807, 2.05) is 61.5 Å². The molecule has 0 radical (unpaired) electrons. The Labute approximate surface area is 186 Å². The molecule has 6 heteroatoms. The molecule has 0 heterocycles. The van der Waals surface area contributed by atoms with E-state index in [1.54, 1.807) is 18.3 Å². The van der Waals surface area contributed by atoms with Crippen molar-refractivity contribution in [3.63, 3.8) is 0 Å². The number of halogens is 2. The summed E-state index contributed by atoms with van der Waals surface area (Å²) in [5.41, 5.74) is 3.67. The van der Waals surface area contributed by atoms with Gasteiger partial charge in [-0.1, -0.05) is 83.4 Å². The molecule has 0 saturated carbocycles. The van der Waals surface area contributed by atoms with Gasteiger partial charge in [0.25, 0.3) is 0 Å². The summed E-state index contributed by atoms with van der Waals surface area (Å²) in [5, 5.41) is 15.9. The summed E-state index contributed by atoms with van der Waals surface area (Å²) < 4.78 is 0. The van der Waals surface area contributed by atoms with Crippen LogP contribution in [0.2, 0.25) is 10.0 Å². The number of amides is 1. The quantitative estimate of drug-likeness (QED) is 0.346. The monoisotopic (exact) mass is 435 g/mol. The van der Waals surface area contributed by atoms with Crippen LogP contribution >= 0.6 is 23.2 Å². The minimum atomic E-state index is -0.627. The van der Waals surface area contributed by atoms with E-state index in [4.69, 9.17) is 23.2 Å². The van der Waals surface area contributed by atoms with Crippen LogP contribution in [0, 0.1) is 18.3 Å². The van der Waals surface area contributed by atoms with Crippen LogP contribution in [0.3, 0.4) is 0 Å². The van der Waals surface area contributed by atoms with Gasteiger partial charge in [0, 0.05) is 22.5 Å². The Bertz CT molecular complexity index is 1100. The minimum Gasteiger partial charge on any atom is -0.273 e. The molecule has 150 valence electrons. The lowest BCUT2D eigenvalue weighted by Crippen LogP contribution is -2.22. The van der Waals surface area contributed by atoms with Crippen molar-refractivity contribution < 1.29 is 4.79 Å².